The highest BCUT2D eigenvalue weighted by Crippen LogP contribution is 2.31. The van der Waals surface area contributed by atoms with E-state index in [-0.39, 0.29) is 11.5 Å². The Hall–Kier alpha value is -3.16. The van der Waals surface area contributed by atoms with Crippen LogP contribution < -0.4 is 10.6 Å². The van der Waals surface area contributed by atoms with Crippen LogP contribution in [0, 0.1) is 0 Å². The number of benzene rings is 2. The van der Waals surface area contributed by atoms with Crippen molar-refractivity contribution in [2.24, 2.45) is 0 Å². The van der Waals surface area contributed by atoms with E-state index >= 15 is 0 Å². The Morgan fingerprint density at radius 1 is 1.00 bits per heavy atom. The van der Waals surface area contributed by atoms with Crippen LogP contribution in [-0.4, -0.2) is 18.1 Å². The highest BCUT2D eigenvalue weighted by atomic mass is 35.5. The second-order valence-electron chi connectivity index (χ2n) is 6.41. The number of rotatable bonds is 6. The molecule has 0 radical (unpaired) electrons. The molecule has 0 atom stereocenters. The zero-order chi connectivity index (χ0) is 21.1. The van der Waals surface area contributed by atoms with Crippen molar-refractivity contribution in [1.82, 2.24) is 0 Å². The van der Waals surface area contributed by atoms with Crippen LogP contribution in [-0.2, 0) is 5.75 Å². The number of para-hydroxylation sites is 1. The lowest BCUT2D eigenvalue weighted by Crippen LogP contribution is -2.17. The second-order valence-corrected chi connectivity index (χ2v) is 7.72. The highest BCUT2D eigenvalue weighted by molar-refractivity contribution is 7.97. The van der Waals surface area contributed by atoms with Gasteiger partial charge in [0.25, 0.3) is 11.8 Å². The lowest BCUT2D eigenvalue weighted by atomic mass is 10.1. The first-order valence-electron chi connectivity index (χ1n) is 9.02. The molecule has 8 heteroatoms. The summed E-state index contributed by atoms with van der Waals surface area (Å²) in [6, 6.07) is 15.5. The highest BCUT2D eigenvalue weighted by Gasteiger charge is 2.21. The van der Waals surface area contributed by atoms with E-state index in [2.05, 4.69) is 10.6 Å². The lowest BCUT2D eigenvalue weighted by Gasteiger charge is -2.12. The molecule has 0 fully saturated rings. The summed E-state index contributed by atoms with van der Waals surface area (Å²) in [5.74, 6) is 0.147. The minimum Gasteiger partial charge on any atom is -0.459 e. The summed E-state index contributed by atoms with van der Waals surface area (Å²) >= 11 is 7.69. The van der Waals surface area contributed by atoms with E-state index in [0.717, 1.165) is 10.9 Å². The van der Waals surface area contributed by atoms with Crippen molar-refractivity contribution in [3.63, 3.8) is 0 Å². The fraction of sp³-hybridized carbons (Fsp3) is 0.0909. The first kappa shape index (κ1) is 20.1. The molecule has 30 heavy (non-hydrogen) atoms. The average Bonchev–Trinajstić information content (AvgIpc) is 3.39. The van der Waals surface area contributed by atoms with E-state index in [1.54, 1.807) is 42.1 Å². The zero-order valence-electron chi connectivity index (χ0n) is 15.9. The minimum atomic E-state index is -0.454. The molecule has 0 aliphatic rings. The Balaban J connectivity index is 1.65. The Morgan fingerprint density at radius 2 is 1.80 bits per heavy atom. The van der Waals surface area contributed by atoms with Gasteiger partial charge in [0.05, 0.1) is 17.6 Å². The van der Waals surface area contributed by atoms with Crippen LogP contribution in [0.4, 0.5) is 11.4 Å². The fourth-order valence-electron chi connectivity index (χ4n) is 3.07. The Labute approximate surface area is 181 Å². The molecule has 2 aromatic carbocycles. The molecular formula is C22H17ClN2O4S. The van der Waals surface area contributed by atoms with Crippen molar-refractivity contribution in [3.8, 4) is 0 Å². The van der Waals surface area contributed by atoms with E-state index in [0.29, 0.717) is 27.7 Å². The molecule has 4 aromatic rings. The molecule has 2 heterocycles. The molecule has 0 aliphatic carbocycles. The zero-order valence-corrected chi connectivity index (χ0v) is 17.5. The molecule has 0 saturated heterocycles. The topological polar surface area (TPSA) is 84.5 Å². The van der Waals surface area contributed by atoms with Gasteiger partial charge in [0.1, 0.15) is 5.58 Å². The van der Waals surface area contributed by atoms with Crippen LogP contribution in [0.2, 0.25) is 5.02 Å². The molecule has 2 aromatic heterocycles. The third kappa shape index (κ3) is 4.08. The number of nitrogens with one attached hydrogen (secondary N) is 2. The summed E-state index contributed by atoms with van der Waals surface area (Å²) in [5.41, 5.74) is 2.21. The normalized spacial score (nSPS) is 10.9. The van der Waals surface area contributed by atoms with Gasteiger partial charge in [-0.25, -0.2) is 0 Å². The van der Waals surface area contributed by atoms with Crippen molar-refractivity contribution in [1.29, 1.82) is 0 Å². The van der Waals surface area contributed by atoms with E-state index in [1.807, 2.05) is 30.5 Å². The average molecular weight is 441 g/mol. The van der Waals surface area contributed by atoms with E-state index in [9.17, 15) is 9.59 Å². The van der Waals surface area contributed by atoms with Gasteiger partial charge in [0.15, 0.2) is 11.5 Å². The van der Waals surface area contributed by atoms with Gasteiger partial charge in [-0.1, -0.05) is 29.8 Å². The van der Waals surface area contributed by atoms with Crippen molar-refractivity contribution in [2.75, 3.05) is 16.9 Å². The van der Waals surface area contributed by atoms with Crippen LogP contribution in [0.15, 0.2) is 69.7 Å². The van der Waals surface area contributed by atoms with Gasteiger partial charge in [-0.05, 0) is 42.7 Å². The number of halogens is 1. The number of hydrogen-bond donors (Lipinski definition) is 2. The van der Waals surface area contributed by atoms with Crippen molar-refractivity contribution in [2.45, 2.75) is 5.75 Å². The molecule has 0 spiro atoms. The van der Waals surface area contributed by atoms with Gasteiger partial charge in [0, 0.05) is 21.7 Å². The van der Waals surface area contributed by atoms with Crippen LogP contribution >= 0.6 is 23.4 Å². The molecule has 0 saturated carbocycles. The van der Waals surface area contributed by atoms with Crippen LogP contribution in [0.3, 0.4) is 0 Å². The molecule has 0 bridgehead atoms. The Kier molecular flexibility index (Phi) is 5.83. The van der Waals surface area contributed by atoms with Gasteiger partial charge in [-0.2, -0.15) is 11.8 Å². The van der Waals surface area contributed by atoms with E-state index in [4.69, 9.17) is 20.4 Å². The summed E-state index contributed by atoms with van der Waals surface area (Å²) in [5, 5.41) is 6.84. The van der Waals surface area contributed by atoms with Gasteiger partial charge >= 0.3 is 0 Å². The smallest absolute Gasteiger partial charge is 0.291 e. The van der Waals surface area contributed by atoms with Gasteiger partial charge in [0.2, 0.25) is 0 Å². The first-order valence-corrected chi connectivity index (χ1v) is 10.8. The molecule has 152 valence electrons. The SMILES string of the molecule is CSCc1c(C(=O)Nc2ccc(Cl)cc2NC(=O)c2ccco2)oc2ccccc12. The summed E-state index contributed by atoms with van der Waals surface area (Å²) in [6.45, 7) is 0. The van der Waals surface area contributed by atoms with Crippen molar-refractivity contribution < 1.29 is 18.4 Å². The lowest BCUT2D eigenvalue weighted by molar-refractivity contribution is 0.0987. The minimum absolute atomic E-state index is 0.145. The number of thioether (sulfide) groups is 1. The number of hydrogen-bond acceptors (Lipinski definition) is 5. The standard InChI is InChI=1S/C22H17ClN2O4S/c1-30-12-15-14-5-2-3-6-18(14)29-20(15)22(27)24-16-9-8-13(23)11-17(16)25-21(26)19-7-4-10-28-19/h2-11H,12H2,1H3,(H,24,27)(H,25,26). The molecule has 4 rings (SSSR count). The Bertz CT molecular complexity index is 1220. The molecular weight excluding hydrogens is 424 g/mol. The van der Waals surface area contributed by atoms with Crippen LogP contribution in [0.1, 0.15) is 26.7 Å². The monoisotopic (exact) mass is 440 g/mol. The van der Waals surface area contributed by atoms with Crippen molar-refractivity contribution >= 4 is 57.5 Å². The Morgan fingerprint density at radius 3 is 2.57 bits per heavy atom. The number of carbonyl (C=O) groups excluding carboxylic acids is 2. The molecule has 0 unspecified atom stereocenters. The molecule has 6 nitrogen and oxygen atoms in total. The maximum absolute atomic E-state index is 13.1. The summed E-state index contributed by atoms with van der Waals surface area (Å²) in [7, 11) is 0. The van der Waals surface area contributed by atoms with Crippen LogP contribution in [0.25, 0.3) is 11.0 Å². The first-order chi connectivity index (χ1) is 14.6. The number of amides is 2. The maximum Gasteiger partial charge on any atom is 0.291 e. The number of fused-ring (bicyclic) bond motifs is 1. The van der Waals surface area contributed by atoms with Gasteiger partial charge in [-0.15, -0.1) is 0 Å². The molecule has 2 N–H and O–H groups in total. The predicted molar refractivity (Wildman–Crippen MR) is 119 cm³/mol. The second kappa shape index (κ2) is 8.69. The third-order valence-corrected chi connectivity index (χ3v) is 5.23. The van der Waals surface area contributed by atoms with Gasteiger partial charge < -0.3 is 19.5 Å². The van der Waals surface area contributed by atoms with Gasteiger partial charge in [-0.3, -0.25) is 9.59 Å². The molecule has 0 aliphatic heterocycles. The summed E-state index contributed by atoms with van der Waals surface area (Å²) < 4.78 is 11.0. The fourth-order valence-corrected chi connectivity index (χ4v) is 3.82. The maximum atomic E-state index is 13.1. The number of anilines is 2. The summed E-state index contributed by atoms with van der Waals surface area (Å²) in [6.07, 6.45) is 3.37. The van der Waals surface area contributed by atoms with Crippen molar-refractivity contribution in [3.05, 3.63) is 83.0 Å². The summed E-state index contributed by atoms with van der Waals surface area (Å²) in [4.78, 5) is 25.4. The van der Waals surface area contributed by atoms with E-state index < -0.39 is 11.8 Å². The predicted octanol–water partition coefficient (Wildman–Crippen LogP) is 6.05. The third-order valence-electron chi connectivity index (χ3n) is 4.42. The van der Waals surface area contributed by atoms with Crippen LogP contribution in [0.5, 0.6) is 0 Å². The number of furan rings is 2. The quantitative estimate of drug-likeness (QED) is 0.381. The van der Waals surface area contributed by atoms with E-state index in [1.165, 1.54) is 6.26 Å². The largest absolute Gasteiger partial charge is 0.459 e. The number of carbonyl (C=O) groups is 2. The molecule has 2 amide bonds.